The highest BCUT2D eigenvalue weighted by Crippen LogP contribution is 2.10. The third-order valence-electron chi connectivity index (χ3n) is 2.53. The normalized spacial score (nSPS) is 10.6. The van der Waals surface area contributed by atoms with Crippen LogP contribution in [0, 0.1) is 0 Å². The first-order valence-corrected chi connectivity index (χ1v) is 5.76. The van der Waals surface area contributed by atoms with Crippen LogP contribution < -0.4 is 11.3 Å². The minimum absolute atomic E-state index is 0.130. The van der Waals surface area contributed by atoms with Gasteiger partial charge in [0.1, 0.15) is 0 Å². The molecule has 0 amide bonds. The van der Waals surface area contributed by atoms with Gasteiger partial charge in [-0.15, -0.1) is 0 Å². The molecule has 0 aliphatic rings. The molecule has 0 spiro atoms. The minimum atomic E-state index is -0.333. The summed E-state index contributed by atoms with van der Waals surface area (Å²) in [4.78, 5) is 23.2. The van der Waals surface area contributed by atoms with Crippen molar-refractivity contribution in [3.63, 3.8) is 0 Å². The van der Waals surface area contributed by atoms with Gasteiger partial charge in [-0.05, 0) is 17.7 Å². The summed E-state index contributed by atoms with van der Waals surface area (Å²) in [6.07, 6.45) is 0.175. The molecule has 0 saturated heterocycles. The lowest BCUT2D eigenvalue weighted by Crippen LogP contribution is -2.20. The van der Waals surface area contributed by atoms with Gasteiger partial charge in [0.2, 0.25) is 5.91 Å². The quantitative estimate of drug-likeness (QED) is 0.874. The van der Waals surface area contributed by atoms with E-state index in [4.69, 9.17) is 17.3 Å². The number of hydrogen-bond donors (Lipinski definition) is 2. The van der Waals surface area contributed by atoms with Gasteiger partial charge in [-0.3, -0.25) is 14.7 Å². The number of halogens is 1. The van der Waals surface area contributed by atoms with E-state index in [1.807, 2.05) is 0 Å². The lowest BCUT2D eigenvalue weighted by atomic mass is 10.1. The van der Waals surface area contributed by atoms with Gasteiger partial charge in [-0.1, -0.05) is 23.7 Å². The summed E-state index contributed by atoms with van der Waals surface area (Å²) >= 11 is 5.76. The van der Waals surface area contributed by atoms with Gasteiger partial charge < -0.3 is 5.73 Å². The van der Waals surface area contributed by atoms with Crippen molar-refractivity contribution in [2.24, 2.45) is 5.73 Å². The summed E-state index contributed by atoms with van der Waals surface area (Å²) in [5.41, 5.74) is 6.42. The largest absolute Gasteiger partial charge is 0.325 e. The molecule has 1 aromatic heterocycles. The van der Waals surface area contributed by atoms with Crippen molar-refractivity contribution in [3.05, 3.63) is 57.0 Å². The number of aromatic nitrogens is 2. The van der Waals surface area contributed by atoms with Gasteiger partial charge in [0.15, 0.2) is 0 Å². The van der Waals surface area contributed by atoms with Crippen LogP contribution in [0.15, 0.2) is 35.1 Å². The highest BCUT2D eigenvalue weighted by molar-refractivity contribution is 6.30. The average Bonchev–Trinajstić information content (AvgIpc) is 2.73. The fourth-order valence-corrected chi connectivity index (χ4v) is 1.78. The van der Waals surface area contributed by atoms with E-state index in [0.29, 0.717) is 10.7 Å². The lowest BCUT2D eigenvalue weighted by molar-refractivity contribution is 0.0894. The van der Waals surface area contributed by atoms with Crippen LogP contribution in [0.1, 0.15) is 16.1 Å². The Morgan fingerprint density at radius 2 is 2.00 bits per heavy atom. The summed E-state index contributed by atoms with van der Waals surface area (Å²) in [6.45, 7) is 0.130. The number of hydrogen-bond acceptors (Lipinski definition) is 3. The van der Waals surface area contributed by atoms with Crippen LogP contribution in [0.2, 0.25) is 5.02 Å². The lowest BCUT2D eigenvalue weighted by Gasteiger charge is -2.05. The van der Waals surface area contributed by atoms with E-state index in [-0.39, 0.29) is 24.4 Å². The molecule has 0 aliphatic heterocycles. The van der Waals surface area contributed by atoms with E-state index in [0.717, 1.165) is 5.56 Å². The molecular formula is C12H12ClN3O2. The van der Waals surface area contributed by atoms with E-state index < -0.39 is 0 Å². The van der Waals surface area contributed by atoms with Crippen LogP contribution in [0.5, 0.6) is 0 Å². The molecule has 0 aliphatic carbocycles. The van der Waals surface area contributed by atoms with Gasteiger partial charge in [0, 0.05) is 17.6 Å². The number of rotatable bonds is 3. The SMILES string of the molecule is NCc1cc(=O)[nH]n1C(=O)Cc1ccc(Cl)cc1. The first kappa shape index (κ1) is 12.6. The van der Waals surface area contributed by atoms with Crippen molar-refractivity contribution in [3.8, 4) is 0 Å². The van der Waals surface area contributed by atoms with Gasteiger partial charge in [0.05, 0.1) is 12.1 Å². The maximum atomic E-state index is 12.0. The second-order valence-electron chi connectivity index (χ2n) is 3.85. The molecule has 0 bridgehead atoms. The monoisotopic (exact) mass is 265 g/mol. The average molecular weight is 266 g/mol. The third kappa shape index (κ3) is 2.69. The molecule has 5 nitrogen and oxygen atoms in total. The Morgan fingerprint density at radius 1 is 1.33 bits per heavy atom. The smallest absolute Gasteiger partial charge is 0.264 e. The second-order valence-corrected chi connectivity index (χ2v) is 4.28. The van der Waals surface area contributed by atoms with Crippen LogP contribution >= 0.6 is 11.6 Å². The fraction of sp³-hybridized carbons (Fsp3) is 0.167. The predicted octanol–water partition coefficient (Wildman–Crippen LogP) is 1.17. The zero-order valence-corrected chi connectivity index (χ0v) is 10.3. The number of benzene rings is 1. The standard InChI is InChI=1S/C12H12ClN3O2/c13-9-3-1-8(2-4-9)5-12(18)16-10(7-14)6-11(17)15-16/h1-4,6H,5,7,14H2,(H,15,17). The molecule has 1 aromatic carbocycles. The molecule has 2 rings (SSSR count). The number of carbonyl (C=O) groups excluding carboxylic acids is 1. The predicted molar refractivity (Wildman–Crippen MR) is 68.7 cm³/mol. The minimum Gasteiger partial charge on any atom is -0.325 e. The maximum absolute atomic E-state index is 12.0. The molecule has 0 saturated carbocycles. The molecule has 6 heteroatoms. The van der Waals surface area contributed by atoms with Crippen LogP contribution in [-0.4, -0.2) is 15.7 Å². The second kappa shape index (κ2) is 5.20. The van der Waals surface area contributed by atoms with Crippen molar-refractivity contribution < 1.29 is 4.79 Å². The Labute approximate surface area is 108 Å². The Kier molecular flexibility index (Phi) is 3.64. The third-order valence-corrected chi connectivity index (χ3v) is 2.79. The number of aromatic amines is 1. The number of carbonyl (C=O) groups is 1. The molecule has 1 heterocycles. The maximum Gasteiger partial charge on any atom is 0.264 e. The molecule has 0 unspecified atom stereocenters. The zero-order chi connectivity index (χ0) is 13.1. The van der Waals surface area contributed by atoms with Crippen molar-refractivity contribution in [2.75, 3.05) is 0 Å². The summed E-state index contributed by atoms with van der Waals surface area (Å²) < 4.78 is 1.19. The molecule has 0 radical (unpaired) electrons. The van der Waals surface area contributed by atoms with E-state index in [1.165, 1.54) is 10.7 Å². The Balaban J connectivity index is 2.21. The van der Waals surface area contributed by atoms with E-state index in [2.05, 4.69) is 5.10 Å². The molecule has 18 heavy (non-hydrogen) atoms. The van der Waals surface area contributed by atoms with Gasteiger partial charge in [0.25, 0.3) is 5.56 Å². The van der Waals surface area contributed by atoms with Gasteiger partial charge in [-0.25, -0.2) is 4.68 Å². The van der Waals surface area contributed by atoms with E-state index in [9.17, 15) is 9.59 Å². The molecule has 0 atom stereocenters. The van der Waals surface area contributed by atoms with E-state index >= 15 is 0 Å². The van der Waals surface area contributed by atoms with Crippen LogP contribution in [0.4, 0.5) is 0 Å². The van der Waals surface area contributed by atoms with Crippen molar-refractivity contribution in [1.29, 1.82) is 0 Å². The highest BCUT2D eigenvalue weighted by atomic mass is 35.5. The fourth-order valence-electron chi connectivity index (χ4n) is 1.66. The summed E-state index contributed by atoms with van der Waals surface area (Å²) in [7, 11) is 0. The topological polar surface area (TPSA) is 80.9 Å². The Hall–Kier alpha value is -1.85. The number of H-pyrrole nitrogens is 1. The van der Waals surface area contributed by atoms with Crippen LogP contribution in [0.3, 0.4) is 0 Å². The zero-order valence-electron chi connectivity index (χ0n) is 9.52. The van der Waals surface area contributed by atoms with Gasteiger partial charge in [-0.2, -0.15) is 0 Å². The first-order valence-electron chi connectivity index (χ1n) is 5.39. The summed E-state index contributed by atoms with van der Waals surface area (Å²) in [6, 6.07) is 8.28. The number of nitrogens with two attached hydrogens (primary N) is 1. The number of nitrogens with one attached hydrogen (secondary N) is 1. The Morgan fingerprint density at radius 3 is 2.61 bits per heavy atom. The molecule has 2 aromatic rings. The Bertz CT molecular complexity index is 613. The molecule has 94 valence electrons. The molecular weight excluding hydrogens is 254 g/mol. The molecule has 3 N–H and O–H groups in total. The first-order chi connectivity index (χ1) is 8.60. The van der Waals surface area contributed by atoms with Crippen molar-refractivity contribution in [2.45, 2.75) is 13.0 Å². The van der Waals surface area contributed by atoms with Crippen LogP contribution in [-0.2, 0) is 13.0 Å². The van der Waals surface area contributed by atoms with Crippen molar-refractivity contribution in [1.82, 2.24) is 9.78 Å². The van der Waals surface area contributed by atoms with E-state index in [1.54, 1.807) is 24.3 Å². The highest BCUT2D eigenvalue weighted by Gasteiger charge is 2.11. The van der Waals surface area contributed by atoms with Crippen molar-refractivity contribution >= 4 is 17.5 Å². The van der Waals surface area contributed by atoms with Gasteiger partial charge >= 0.3 is 0 Å². The molecule has 0 fully saturated rings. The summed E-state index contributed by atoms with van der Waals surface area (Å²) in [5.74, 6) is -0.236. The number of nitrogens with zero attached hydrogens (tertiary/aromatic N) is 1. The van der Waals surface area contributed by atoms with Crippen LogP contribution in [0.25, 0.3) is 0 Å². The summed E-state index contributed by atoms with van der Waals surface area (Å²) in [5, 5.41) is 3.05.